The van der Waals surface area contributed by atoms with Crippen molar-refractivity contribution in [2.24, 2.45) is 29.6 Å². The lowest BCUT2D eigenvalue weighted by Crippen LogP contribution is -2.60. The average molecular weight is 212 g/mol. The number of hydrogen-bond donors (Lipinski definition) is 1. The molecule has 2 nitrogen and oxygen atoms in total. The second kappa shape index (κ2) is 2.74. The number of carboxylic acids is 1. The lowest BCUT2D eigenvalue weighted by molar-refractivity contribution is -0.172. The van der Waals surface area contributed by atoms with Gasteiger partial charge in [0.15, 0.2) is 0 Å². The Morgan fingerprint density at radius 3 is 2.87 bits per heavy atom. The normalized spacial score (nSPS) is 53.5. The number of carbonyl (C=O) groups is 1. The van der Waals surface area contributed by atoms with Crippen LogP contribution in [0, 0.1) is 29.6 Å². The van der Waals surface area contributed by atoms with Crippen molar-refractivity contribution in [1.29, 1.82) is 0 Å². The van der Waals surface area contributed by atoms with Gasteiger partial charge in [-0.1, -0.05) is 6.92 Å². The van der Waals surface area contributed by atoms with E-state index in [0.29, 0.717) is 12.3 Å². The van der Waals surface area contributed by atoms with E-state index in [1.165, 1.54) is 0 Å². The Balaban J connectivity index is 1.87. The average Bonchev–Trinajstić information content (AvgIpc) is 2.36. The van der Waals surface area contributed by atoms with Crippen molar-refractivity contribution in [3.63, 3.8) is 0 Å². The summed E-state index contributed by atoms with van der Waals surface area (Å²) in [5.41, 5.74) is -0.975. The molecule has 0 heterocycles. The zero-order chi connectivity index (χ0) is 10.8. The van der Waals surface area contributed by atoms with E-state index < -0.39 is 11.6 Å². The molecule has 3 aliphatic carbocycles. The number of carboxylic acid groups (broad SMARTS) is 1. The van der Waals surface area contributed by atoms with Crippen molar-refractivity contribution >= 4 is 5.97 Å². The summed E-state index contributed by atoms with van der Waals surface area (Å²) in [6.45, 7) is 1.75. The van der Waals surface area contributed by atoms with Crippen molar-refractivity contribution < 1.29 is 14.3 Å². The molecule has 0 saturated heterocycles. The molecule has 0 aromatic heterocycles. The van der Waals surface area contributed by atoms with Gasteiger partial charge in [-0.25, -0.2) is 4.39 Å². The Bertz CT molecular complexity index is 309. The molecule has 0 amide bonds. The highest BCUT2D eigenvalue weighted by atomic mass is 19.1. The van der Waals surface area contributed by atoms with Gasteiger partial charge in [-0.05, 0) is 49.4 Å². The van der Waals surface area contributed by atoms with Gasteiger partial charge in [0.2, 0.25) is 0 Å². The number of aliphatic carboxylic acids is 1. The summed E-state index contributed by atoms with van der Waals surface area (Å²) in [6.07, 6.45) is 3.69. The summed E-state index contributed by atoms with van der Waals surface area (Å²) < 4.78 is 14.5. The number of hydrogen-bond acceptors (Lipinski definition) is 1. The van der Waals surface area contributed by atoms with Crippen molar-refractivity contribution in [3.8, 4) is 0 Å². The zero-order valence-corrected chi connectivity index (χ0v) is 8.95. The number of halogens is 1. The fraction of sp³-hybridized carbons (Fsp3) is 0.917. The van der Waals surface area contributed by atoms with Crippen LogP contribution in [0.2, 0.25) is 0 Å². The van der Waals surface area contributed by atoms with Gasteiger partial charge in [0.25, 0.3) is 0 Å². The second-order valence-corrected chi connectivity index (χ2v) is 5.73. The Morgan fingerprint density at radius 2 is 2.20 bits per heavy atom. The molecule has 0 aromatic rings. The molecule has 3 heteroatoms. The molecule has 3 saturated carbocycles. The largest absolute Gasteiger partial charge is 0.481 e. The van der Waals surface area contributed by atoms with Crippen molar-refractivity contribution in [1.82, 2.24) is 0 Å². The SMILES string of the molecule is C[C@H](C(=O)O)[C@H]1[C@H]2CC[C@H]3C[C@@H]1[C@]2(F)C3. The summed E-state index contributed by atoms with van der Waals surface area (Å²) >= 11 is 0. The minimum Gasteiger partial charge on any atom is -0.481 e. The van der Waals surface area contributed by atoms with Gasteiger partial charge < -0.3 is 5.11 Å². The van der Waals surface area contributed by atoms with E-state index in [1.807, 2.05) is 0 Å². The molecular weight excluding hydrogens is 195 g/mol. The van der Waals surface area contributed by atoms with Gasteiger partial charge in [-0.3, -0.25) is 4.79 Å². The molecule has 15 heavy (non-hydrogen) atoms. The molecule has 0 aliphatic heterocycles. The monoisotopic (exact) mass is 212 g/mol. The molecule has 0 spiro atoms. The molecule has 3 rings (SSSR count). The lowest BCUT2D eigenvalue weighted by atomic mass is 9.51. The van der Waals surface area contributed by atoms with E-state index in [-0.39, 0.29) is 23.7 Å². The number of fused-ring (bicyclic) bond motifs is 1. The highest BCUT2D eigenvalue weighted by Gasteiger charge is 2.70. The molecule has 0 unspecified atom stereocenters. The van der Waals surface area contributed by atoms with E-state index in [9.17, 15) is 9.18 Å². The van der Waals surface area contributed by atoms with Crippen LogP contribution in [0.5, 0.6) is 0 Å². The summed E-state index contributed by atoms with van der Waals surface area (Å²) in [6, 6.07) is 0. The zero-order valence-electron chi connectivity index (χ0n) is 8.95. The van der Waals surface area contributed by atoms with Crippen LogP contribution in [0.25, 0.3) is 0 Å². The summed E-state index contributed by atoms with van der Waals surface area (Å²) in [7, 11) is 0. The number of rotatable bonds is 2. The second-order valence-electron chi connectivity index (χ2n) is 5.73. The predicted octanol–water partition coefficient (Wildman–Crippen LogP) is 2.48. The topological polar surface area (TPSA) is 37.3 Å². The van der Waals surface area contributed by atoms with E-state index >= 15 is 0 Å². The quantitative estimate of drug-likeness (QED) is 0.763. The molecule has 3 fully saturated rings. The standard InChI is InChI=1S/C12H17FO2/c1-6(11(14)15)10-8-3-2-7-4-9(10)12(8,13)5-7/h6-10H,2-5H2,1H3,(H,14,15)/t6-,7-,8+,9-,10-,12-/m0/s1. The van der Waals surface area contributed by atoms with Crippen molar-refractivity contribution in [3.05, 3.63) is 0 Å². The van der Waals surface area contributed by atoms with Crippen LogP contribution >= 0.6 is 0 Å². The summed E-state index contributed by atoms with van der Waals surface area (Å²) in [4.78, 5) is 11.0. The first-order chi connectivity index (χ1) is 7.04. The first-order valence-corrected chi connectivity index (χ1v) is 5.95. The first-order valence-electron chi connectivity index (χ1n) is 5.95. The molecule has 3 aliphatic rings. The van der Waals surface area contributed by atoms with E-state index in [0.717, 1.165) is 19.3 Å². The summed E-state index contributed by atoms with van der Waals surface area (Å²) in [5, 5.41) is 9.03. The van der Waals surface area contributed by atoms with Crippen LogP contribution in [-0.2, 0) is 4.79 Å². The van der Waals surface area contributed by atoms with E-state index in [4.69, 9.17) is 5.11 Å². The van der Waals surface area contributed by atoms with Crippen LogP contribution in [0.3, 0.4) is 0 Å². The molecule has 84 valence electrons. The maximum Gasteiger partial charge on any atom is 0.306 e. The van der Waals surface area contributed by atoms with E-state index in [1.54, 1.807) is 6.92 Å². The van der Waals surface area contributed by atoms with Gasteiger partial charge in [-0.2, -0.15) is 0 Å². The van der Waals surface area contributed by atoms with Gasteiger partial charge in [0, 0.05) is 0 Å². The van der Waals surface area contributed by atoms with Crippen LogP contribution in [0.4, 0.5) is 4.39 Å². The Hall–Kier alpha value is -0.600. The first kappa shape index (κ1) is 9.61. The third-order valence-corrected chi connectivity index (χ3v) is 5.20. The highest BCUT2D eigenvalue weighted by molar-refractivity contribution is 5.70. The van der Waals surface area contributed by atoms with Gasteiger partial charge in [0.05, 0.1) is 5.92 Å². The molecular formula is C12H17FO2. The van der Waals surface area contributed by atoms with Gasteiger partial charge >= 0.3 is 5.97 Å². The number of alkyl halides is 1. The fourth-order valence-corrected chi connectivity index (χ4v) is 4.55. The van der Waals surface area contributed by atoms with Crippen LogP contribution in [0.1, 0.15) is 32.6 Å². The Labute approximate surface area is 88.9 Å². The van der Waals surface area contributed by atoms with Gasteiger partial charge in [0.1, 0.15) is 5.67 Å². The molecule has 0 aromatic carbocycles. The van der Waals surface area contributed by atoms with Crippen LogP contribution < -0.4 is 0 Å². The van der Waals surface area contributed by atoms with E-state index in [2.05, 4.69) is 0 Å². The van der Waals surface area contributed by atoms with Crippen molar-refractivity contribution in [2.45, 2.75) is 38.3 Å². The van der Waals surface area contributed by atoms with Crippen LogP contribution in [0.15, 0.2) is 0 Å². The van der Waals surface area contributed by atoms with Crippen LogP contribution in [-0.4, -0.2) is 16.7 Å². The minimum atomic E-state index is -0.975. The molecule has 0 radical (unpaired) electrons. The summed E-state index contributed by atoms with van der Waals surface area (Å²) in [5.74, 6) is -0.353. The fourth-order valence-electron chi connectivity index (χ4n) is 4.55. The lowest BCUT2D eigenvalue weighted by Gasteiger charge is -2.56. The third-order valence-electron chi connectivity index (χ3n) is 5.20. The third kappa shape index (κ3) is 1.02. The Morgan fingerprint density at radius 1 is 1.47 bits per heavy atom. The minimum absolute atomic E-state index is 0.0485. The van der Waals surface area contributed by atoms with Gasteiger partial charge in [-0.15, -0.1) is 0 Å². The predicted molar refractivity (Wildman–Crippen MR) is 53.1 cm³/mol. The van der Waals surface area contributed by atoms with Crippen molar-refractivity contribution in [2.75, 3.05) is 0 Å². The smallest absolute Gasteiger partial charge is 0.306 e. The maximum atomic E-state index is 14.5. The highest BCUT2D eigenvalue weighted by Crippen LogP contribution is 2.69. The molecule has 1 N–H and O–H groups in total. The molecule has 6 atom stereocenters. The molecule has 2 bridgehead atoms. The maximum absolute atomic E-state index is 14.5. The Kier molecular flexibility index (Phi) is 1.76.